The normalized spacial score (nSPS) is 15.3. The summed E-state index contributed by atoms with van der Waals surface area (Å²) in [6.45, 7) is 0.676. The Morgan fingerprint density at radius 3 is 2.69 bits per heavy atom. The molecule has 83 valence electrons. The standard InChI is InChI=1S/C13H14FN2/c14-11-6-4-10(5-7-11)9-16-13-3-1-2-12(15)8-13/h2-8,16H,1,9,15H2. The van der Waals surface area contributed by atoms with Crippen LogP contribution in [0.1, 0.15) is 12.0 Å². The van der Waals surface area contributed by atoms with Gasteiger partial charge in [-0.1, -0.05) is 18.2 Å². The van der Waals surface area contributed by atoms with Crippen molar-refractivity contribution >= 4 is 0 Å². The third kappa shape index (κ3) is 2.86. The third-order valence-corrected chi connectivity index (χ3v) is 2.42. The highest BCUT2D eigenvalue weighted by atomic mass is 19.1. The molecule has 0 unspecified atom stereocenters. The van der Waals surface area contributed by atoms with E-state index in [1.54, 1.807) is 12.1 Å². The number of benzene rings is 1. The van der Waals surface area contributed by atoms with Gasteiger partial charge < -0.3 is 11.1 Å². The average Bonchev–Trinajstić information content (AvgIpc) is 2.28. The van der Waals surface area contributed by atoms with Crippen molar-refractivity contribution in [2.24, 2.45) is 5.73 Å². The lowest BCUT2D eigenvalue weighted by molar-refractivity contribution is 0.626. The van der Waals surface area contributed by atoms with Crippen molar-refractivity contribution < 1.29 is 4.39 Å². The largest absolute Gasteiger partial charge is 0.402 e. The predicted octanol–water partition coefficient (Wildman–Crippen LogP) is 2.25. The molecule has 3 heteroatoms. The first kappa shape index (κ1) is 10.7. The monoisotopic (exact) mass is 217 g/mol. The minimum Gasteiger partial charge on any atom is -0.402 e. The molecule has 1 radical (unpaired) electrons. The maximum Gasteiger partial charge on any atom is 0.123 e. The van der Waals surface area contributed by atoms with Crippen molar-refractivity contribution in [3.8, 4) is 0 Å². The second kappa shape index (κ2) is 4.84. The van der Waals surface area contributed by atoms with Crippen molar-refractivity contribution in [3.05, 3.63) is 65.6 Å². The van der Waals surface area contributed by atoms with E-state index in [4.69, 9.17) is 5.73 Å². The van der Waals surface area contributed by atoms with E-state index < -0.39 is 0 Å². The maximum atomic E-state index is 12.7. The van der Waals surface area contributed by atoms with E-state index in [1.807, 2.05) is 12.5 Å². The summed E-state index contributed by atoms with van der Waals surface area (Å²) in [4.78, 5) is 0. The van der Waals surface area contributed by atoms with Gasteiger partial charge in [-0.25, -0.2) is 4.39 Å². The Labute approximate surface area is 94.7 Å². The SMILES string of the molecule is NC1=CC(NCc2ccc(F)cc2)=CC[CH]1. The van der Waals surface area contributed by atoms with E-state index in [9.17, 15) is 4.39 Å². The minimum atomic E-state index is -0.209. The molecule has 1 aliphatic rings. The number of hydrogen-bond donors (Lipinski definition) is 2. The highest BCUT2D eigenvalue weighted by Crippen LogP contribution is 2.11. The third-order valence-electron chi connectivity index (χ3n) is 2.42. The van der Waals surface area contributed by atoms with Gasteiger partial charge in [0.25, 0.3) is 0 Å². The fourth-order valence-electron chi connectivity index (χ4n) is 1.55. The van der Waals surface area contributed by atoms with Crippen LogP contribution in [0.3, 0.4) is 0 Å². The van der Waals surface area contributed by atoms with Crippen LogP contribution in [-0.2, 0) is 6.54 Å². The Bertz CT molecular complexity index is 418. The number of allylic oxidation sites excluding steroid dienone is 3. The topological polar surface area (TPSA) is 38.0 Å². The van der Waals surface area contributed by atoms with Crippen LogP contribution in [0.5, 0.6) is 0 Å². The Morgan fingerprint density at radius 2 is 2.00 bits per heavy atom. The summed E-state index contributed by atoms with van der Waals surface area (Å²) in [6.07, 6.45) is 6.78. The second-order valence-electron chi connectivity index (χ2n) is 3.72. The molecular weight excluding hydrogens is 203 g/mol. The zero-order chi connectivity index (χ0) is 11.4. The van der Waals surface area contributed by atoms with Crippen LogP contribution in [-0.4, -0.2) is 0 Å². The summed E-state index contributed by atoms with van der Waals surface area (Å²) < 4.78 is 12.7. The van der Waals surface area contributed by atoms with Crippen LogP contribution in [0.4, 0.5) is 4.39 Å². The molecule has 2 nitrogen and oxygen atoms in total. The first-order valence-corrected chi connectivity index (χ1v) is 5.23. The number of halogens is 1. The van der Waals surface area contributed by atoms with E-state index in [-0.39, 0.29) is 5.82 Å². The molecule has 1 aromatic rings. The van der Waals surface area contributed by atoms with Crippen LogP contribution in [0, 0.1) is 12.2 Å². The van der Waals surface area contributed by atoms with Gasteiger partial charge in [0.15, 0.2) is 0 Å². The van der Waals surface area contributed by atoms with E-state index in [1.165, 1.54) is 12.1 Å². The highest BCUT2D eigenvalue weighted by molar-refractivity contribution is 5.31. The maximum absolute atomic E-state index is 12.7. The molecule has 1 aliphatic carbocycles. The molecule has 0 atom stereocenters. The van der Waals surface area contributed by atoms with Crippen LogP contribution in [0.2, 0.25) is 0 Å². The van der Waals surface area contributed by atoms with Gasteiger partial charge in [-0.2, -0.15) is 0 Å². The number of nitrogens with two attached hydrogens (primary N) is 1. The molecule has 1 aromatic carbocycles. The van der Waals surface area contributed by atoms with E-state index in [0.29, 0.717) is 6.54 Å². The smallest absolute Gasteiger partial charge is 0.123 e. The van der Waals surface area contributed by atoms with E-state index >= 15 is 0 Å². The fraction of sp³-hybridized carbons (Fsp3) is 0.154. The molecule has 0 amide bonds. The van der Waals surface area contributed by atoms with Gasteiger partial charge in [0, 0.05) is 24.4 Å². The quantitative estimate of drug-likeness (QED) is 0.815. The van der Waals surface area contributed by atoms with Crippen LogP contribution >= 0.6 is 0 Å². The molecule has 0 saturated carbocycles. The Hall–Kier alpha value is -1.77. The van der Waals surface area contributed by atoms with Crippen molar-refractivity contribution in [1.82, 2.24) is 5.32 Å². The molecule has 0 heterocycles. The van der Waals surface area contributed by atoms with Gasteiger partial charge in [-0.05, 0) is 30.2 Å². The molecule has 0 fully saturated rings. The van der Waals surface area contributed by atoms with Crippen LogP contribution < -0.4 is 11.1 Å². The Kier molecular flexibility index (Phi) is 3.25. The highest BCUT2D eigenvalue weighted by Gasteiger charge is 2.02. The molecule has 2 rings (SSSR count). The van der Waals surface area contributed by atoms with Crippen LogP contribution in [0.15, 0.2) is 47.8 Å². The van der Waals surface area contributed by atoms with Gasteiger partial charge in [0.1, 0.15) is 5.82 Å². The number of hydrogen-bond acceptors (Lipinski definition) is 2. The molecule has 0 aliphatic heterocycles. The minimum absolute atomic E-state index is 0.209. The lowest BCUT2D eigenvalue weighted by Crippen LogP contribution is -2.15. The lowest BCUT2D eigenvalue weighted by atomic mass is 10.1. The molecule has 3 N–H and O–H groups in total. The first-order chi connectivity index (χ1) is 7.74. The fourth-order valence-corrected chi connectivity index (χ4v) is 1.55. The van der Waals surface area contributed by atoms with Crippen molar-refractivity contribution in [3.63, 3.8) is 0 Å². The number of rotatable bonds is 3. The summed E-state index contributed by atoms with van der Waals surface area (Å²) in [5, 5.41) is 3.25. The van der Waals surface area contributed by atoms with Gasteiger partial charge in [0.2, 0.25) is 0 Å². The molecule has 16 heavy (non-hydrogen) atoms. The van der Waals surface area contributed by atoms with Gasteiger partial charge in [-0.15, -0.1) is 0 Å². The molecule has 0 aromatic heterocycles. The molecule has 0 saturated heterocycles. The summed E-state index contributed by atoms with van der Waals surface area (Å²) >= 11 is 0. The molecule has 0 bridgehead atoms. The van der Waals surface area contributed by atoms with Crippen molar-refractivity contribution in [2.75, 3.05) is 0 Å². The van der Waals surface area contributed by atoms with Crippen molar-refractivity contribution in [1.29, 1.82) is 0 Å². The predicted molar refractivity (Wildman–Crippen MR) is 62.5 cm³/mol. The molecule has 0 spiro atoms. The summed E-state index contributed by atoms with van der Waals surface area (Å²) in [5.74, 6) is -0.209. The average molecular weight is 217 g/mol. The summed E-state index contributed by atoms with van der Waals surface area (Å²) in [5.41, 5.74) is 8.53. The second-order valence-corrected chi connectivity index (χ2v) is 3.72. The van der Waals surface area contributed by atoms with Gasteiger partial charge in [0.05, 0.1) is 0 Å². The van der Waals surface area contributed by atoms with E-state index in [0.717, 1.165) is 23.4 Å². The first-order valence-electron chi connectivity index (χ1n) is 5.23. The summed E-state index contributed by atoms with van der Waals surface area (Å²) in [7, 11) is 0. The van der Waals surface area contributed by atoms with Gasteiger partial charge >= 0.3 is 0 Å². The van der Waals surface area contributed by atoms with E-state index in [2.05, 4.69) is 11.4 Å². The Balaban J connectivity index is 1.92. The summed E-state index contributed by atoms with van der Waals surface area (Å²) in [6, 6.07) is 6.46. The Morgan fingerprint density at radius 1 is 1.25 bits per heavy atom. The van der Waals surface area contributed by atoms with Crippen molar-refractivity contribution in [2.45, 2.75) is 13.0 Å². The van der Waals surface area contributed by atoms with Gasteiger partial charge in [-0.3, -0.25) is 0 Å². The zero-order valence-electron chi connectivity index (χ0n) is 8.91. The molecular formula is C13H14FN2. The van der Waals surface area contributed by atoms with Crippen LogP contribution in [0.25, 0.3) is 0 Å². The zero-order valence-corrected chi connectivity index (χ0v) is 8.91. The number of nitrogens with one attached hydrogen (secondary N) is 1. The lowest BCUT2D eigenvalue weighted by Gasteiger charge is -2.12.